The van der Waals surface area contributed by atoms with Crippen molar-refractivity contribution in [3.8, 4) is 6.07 Å². The summed E-state index contributed by atoms with van der Waals surface area (Å²) in [7, 11) is 0. The van der Waals surface area contributed by atoms with Gasteiger partial charge in [-0.3, -0.25) is 0 Å². The van der Waals surface area contributed by atoms with Gasteiger partial charge < -0.3 is 10.2 Å². The van der Waals surface area contributed by atoms with Gasteiger partial charge in [0.25, 0.3) is 0 Å². The van der Waals surface area contributed by atoms with Crippen molar-refractivity contribution in [3.63, 3.8) is 0 Å². The van der Waals surface area contributed by atoms with E-state index in [-0.39, 0.29) is 5.54 Å². The monoisotopic (exact) mass is 243 g/mol. The number of nitrogens with zero attached hydrogens (tertiary/aromatic N) is 2. The molecule has 1 saturated heterocycles. The van der Waals surface area contributed by atoms with Crippen molar-refractivity contribution in [3.05, 3.63) is 29.8 Å². The first-order valence-corrected chi connectivity index (χ1v) is 6.50. The van der Waals surface area contributed by atoms with Gasteiger partial charge in [0.1, 0.15) is 0 Å². The molecule has 0 amide bonds. The first-order chi connectivity index (χ1) is 8.50. The third-order valence-corrected chi connectivity index (χ3v) is 3.41. The summed E-state index contributed by atoms with van der Waals surface area (Å²) in [4.78, 5) is 2.41. The van der Waals surface area contributed by atoms with E-state index in [0.717, 1.165) is 25.2 Å². The van der Waals surface area contributed by atoms with Gasteiger partial charge in [0.05, 0.1) is 11.6 Å². The Morgan fingerprint density at radius 2 is 2.00 bits per heavy atom. The average Bonchev–Trinajstić information content (AvgIpc) is 2.48. The fourth-order valence-corrected chi connectivity index (χ4v) is 2.43. The number of benzene rings is 1. The van der Waals surface area contributed by atoms with Crippen LogP contribution in [-0.2, 0) is 0 Å². The van der Waals surface area contributed by atoms with Gasteiger partial charge >= 0.3 is 0 Å². The normalized spacial score (nSPS) is 23.2. The summed E-state index contributed by atoms with van der Waals surface area (Å²) in [5.41, 5.74) is 2.05. The van der Waals surface area contributed by atoms with E-state index in [1.807, 2.05) is 24.3 Å². The Morgan fingerprint density at radius 3 is 2.61 bits per heavy atom. The predicted octanol–water partition coefficient (Wildman–Crippen LogP) is 2.38. The lowest BCUT2D eigenvalue weighted by Gasteiger charge is -2.31. The van der Waals surface area contributed by atoms with E-state index in [2.05, 4.69) is 37.1 Å². The smallest absolute Gasteiger partial charge is 0.0991 e. The molecule has 1 aliphatic rings. The van der Waals surface area contributed by atoms with E-state index in [4.69, 9.17) is 5.26 Å². The van der Waals surface area contributed by atoms with Crippen LogP contribution in [0, 0.1) is 17.2 Å². The molecule has 1 aromatic carbocycles. The lowest BCUT2D eigenvalue weighted by atomic mass is 10.1. The molecule has 1 unspecified atom stereocenters. The molecule has 0 saturated carbocycles. The van der Waals surface area contributed by atoms with E-state index in [1.54, 1.807) is 0 Å². The fraction of sp³-hybridized carbons (Fsp3) is 0.533. The molecule has 96 valence electrons. The molecule has 0 spiro atoms. The second-order valence-electron chi connectivity index (χ2n) is 5.91. The van der Waals surface area contributed by atoms with Crippen LogP contribution in [0.1, 0.15) is 26.3 Å². The number of nitriles is 1. The topological polar surface area (TPSA) is 39.1 Å². The largest absolute Gasteiger partial charge is 0.369 e. The van der Waals surface area contributed by atoms with Crippen molar-refractivity contribution < 1.29 is 0 Å². The number of nitrogens with one attached hydrogen (secondary N) is 1. The molecule has 1 aromatic rings. The van der Waals surface area contributed by atoms with Crippen LogP contribution in [0.4, 0.5) is 5.69 Å². The minimum Gasteiger partial charge on any atom is -0.369 e. The molecule has 0 aromatic heterocycles. The molecule has 18 heavy (non-hydrogen) atoms. The van der Waals surface area contributed by atoms with Gasteiger partial charge in [-0.05, 0) is 50.6 Å². The van der Waals surface area contributed by atoms with Gasteiger partial charge in [0.2, 0.25) is 0 Å². The molecule has 0 aliphatic carbocycles. The van der Waals surface area contributed by atoms with E-state index in [9.17, 15) is 0 Å². The standard InChI is InChI=1S/C15H21N3/c1-12-9-17-15(2,3)11-18(10-12)14-6-4-13(8-16)5-7-14/h4-7,12,17H,9-11H2,1-3H3. The van der Waals surface area contributed by atoms with Crippen LogP contribution in [0.5, 0.6) is 0 Å². The van der Waals surface area contributed by atoms with Crippen LogP contribution in [0.15, 0.2) is 24.3 Å². The SMILES string of the molecule is CC1CNC(C)(C)CN(c2ccc(C#N)cc2)C1. The summed E-state index contributed by atoms with van der Waals surface area (Å²) in [5, 5.41) is 12.4. The average molecular weight is 243 g/mol. The van der Waals surface area contributed by atoms with E-state index < -0.39 is 0 Å². The third kappa shape index (κ3) is 3.02. The van der Waals surface area contributed by atoms with E-state index in [0.29, 0.717) is 5.92 Å². The summed E-state index contributed by atoms with van der Waals surface area (Å²) in [6, 6.07) is 10.0. The highest BCUT2D eigenvalue weighted by Crippen LogP contribution is 2.21. The quantitative estimate of drug-likeness (QED) is 0.823. The summed E-state index contributed by atoms with van der Waals surface area (Å²) >= 11 is 0. The summed E-state index contributed by atoms with van der Waals surface area (Å²) in [5.74, 6) is 0.627. The molecule has 0 radical (unpaired) electrons. The minimum absolute atomic E-state index is 0.124. The summed E-state index contributed by atoms with van der Waals surface area (Å²) in [6.07, 6.45) is 0. The molecular formula is C15H21N3. The molecule has 3 nitrogen and oxygen atoms in total. The van der Waals surface area contributed by atoms with Crippen molar-refractivity contribution in [2.24, 2.45) is 5.92 Å². The third-order valence-electron chi connectivity index (χ3n) is 3.41. The van der Waals surface area contributed by atoms with Crippen molar-refractivity contribution in [2.45, 2.75) is 26.3 Å². The number of rotatable bonds is 1. The minimum atomic E-state index is 0.124. The maximum absolute atomic E-state index is 8.84. The van der Waals surface area contributed by atoms with Crippen molar-refractivity contribution in [2.75, 3.05) is 24.5 Å². The maximum atomic E-state index is 8.84. The molecule has 3 heteroatoms. The van der Waals surface area contributed by atoms with Gasteiger partial charge in [-0.1, -0.05) is 6.92 Å². The van der Waals surface area contributed by atoms with Crippen LogP contribution in [0.25, 0.3) is 0 Å². The molecule has 1 N–H and O–H groups in total. The summed E-state index contributed by atoms with van der Waals surface area (Å²) in [6.45, 7) is 9.85. The first-order valence-electron chi connectivity index (χ1n) is 6.50. The molecule has 1 aliphatic heterocycles. The highest BCUT2D eigenvalue weighted by molar-refractivity contribution is 5.50. The maximum Gasteiger partial charge on any atom is 0.0991 e. The van der Waals surface area contributed by atoms with E-state index in [1.165, 1.54) is 5.69 Å². The van der Waals surface area contributed by atoms with Gasteiger partial charge in [-0.25, -0.2) is 0 Å². The zero-order valence-electron chi connectivity index (χ0n) is 11.4. The van der Waals surface area contributed by atoms with E-state index >= 15 is 0 Å². The zero-order valence-corrected chi connectivity index (χ0v) is 11.4. The Hall–Kier alpha value is -1.53. The molecule has 1 heterocycles. The number of hydrogen-bond acceptors (Lipinski definition) is 3. The fourth-order valence-electron chi connectivity index (χ4n) is 2.43. The molecule has 2 rings (SSSR count). The highest BCUT2D eigenvalue weighted by atomic mass is 15.2. The molecule has 1 fully saturated rings. The van der Waals surface area contributed by atoms with Crippen LogP contribution in [-0.4, -0.2) is 25.2 Å². The highest BCUT2D eigenvalue weighted by Gasteiger charge is 2.26. The second kappa shape index (κ2) is 4.99. The summed E-state index contributed by atoms with van der Waals surface area (Å²) < 4.78 is 0. The van der Waals surface area contributed by atoms with Crippen molar-refractivity contribution in [1.82, 2.24) is 5.32 Å². The van der Waals surface area contributed by atoms with Crippen molar-refractivity contribution in [1.29, 1.82) is 5.26 Å². The molecule has 1 atom stereocenters. The van der Waals surface area contributed by atoms with Gasteiger partial charge in [0.15, 0.2) is 0 Å². The first kappa shape index (κ1) is 12.9. The van der Waals surface area contributed by atoms with Gasteiger partial charge in [-0.2, -0.15) is 5.26 Å². The Bertz CT molecular complexity index is 442. The van der Waals surface area contributed by atoms with Crippen LogP contribution in [0.2, 0.25) is 0 Å². The second-order valence-corrected chi connectivity index (χ2v) is 5.91. The Kier molecular flexibility index (Phi) is 3.58. The molecular weight excluding hydrogens is 222 g/mol. The Morgan fingerprint density at radius 1 is 1.33 bits per heavy atom. The zero-order chi connectivity index (χ0) is 13.2. The molecule has 0 bridgehead atoms. The lowest BCUT2D eigenvalue weighted by Crippen LogP contribution is -2.46. The number of anilines is 1. The lowest BCUT2D eigenvalue weighted by molar-refractivity contribution is 0.402. The Labute approximate surface area is 109 Å². The van der Waals surface area contributed by atoms with Crippen molar-refractivity contribution >= 4 is 5.69 Å². The Balaban J connectivity index is 2.21. The number of hydrogen-bond donors (Lipinski definition) is 1. The van der Waals surface area contributed by atoms with Crippen LogP contribution in [0.3, 0.4) is 0 Å². The van der Waals surface area contributed by atoms with Gasteiger partial charge in [0, 0.05) is 24.3 Å². The van der Waals surface area contributed by atoms with Crippen LogP contribution >= 0.6 is 0 Å². The van der Waals surface area contributed by atoms with Crippen LogP contribution < -0.4 is 10.2 Å². The predicted molar refractivity (Wildman–Crippen MR) is 74.6 cm³/mol. The van der Waals surface area contributed by atoms with Gasteiger partial charge in [-0.15, -0.1) is 0 Å².